The second-order valence-electron chi connectivity index (χ2n) is 8.73. The molecule has 1 atom stereocenters. The lowest BCUT2D eigenvalue weighted by Gasteiger charge is -2.33. The van der Waals surface area contributed by atoms with Crippen LogP contribution in [0.1, 0.15) is 43.0 Å². The molecule has 29 heavy (non-hydrogen) atoms. The fourth-order valence-corrected chi connectivity index (χ4v) is 4.26. The van der Waals surface area contributed by atoms with Gasteiger partial charge in [-0.1, -0.05) is 6.92 Å². The summed E-state index contributed by atoms with van der Waals surface area (Å²) in [6, 6.07) is 5.60. The molecule has 2 aliphatic rings. The van der Waals surface area contributed by atoms with E-state index in [-0.39, 0.29) is 11.3 Å². The number of piperidine rings is 2. The molecule has 2 aromatic heterocycles. The van der Waals surface area contributed by atoms with Gasteiger partial charge in [0.25, 0.3) is 5.91 Å². The van der Waals surface area contributed by atoms with Crippen LogP contribution in [-0.2, 0) is 6.54 Å². The topological polar surface area (TPSA) is 72.3 Å². The molecule has 4 rings (SSSR count). The number of nitrogens with zero attached hydrogens (tertiary/aromatic N) is 4. The number of likely N-dealkylation sites (tertiary alicyclic amines) is 1. The molecular weight excluding hydrogens is 366 g/mol. The van der Waals surface area contributed by atoms with E-state index in [0.717, 1.165) is 52.0 Å². The first kappa shape index (κ1) is 19.9. The van der Waals surface area contributed by atoms with Gasteiger partial charge in [-0.25, -0.2) is 4.98 Å². The van der Waals surface area contributed by atoms with Gasteiger partial charge in [-0.3, -0.25) is 9.48 Å². The zero-order chi connectivity index (χ0) is 20.1. The molecule has 2 saturated heterocycles. The summed E-state index contributed by atoms with van der Waals surface area (Å²) in [4.78, 5) is 19.1. The smallest absolute Gasteiger partial charge is 0.255 e. The van der Waals surface area contributed by atoms with E-state index >= 15 is 0 Å². The van der Waals surface area contributed by atoms with E-state index in [2.05, 4.69) is 22.3 Å². The van der Waals surface area contributed by atoms with Gasteiger partial charge in [0.2, 0.25) is 5.88 Å². The third-order valence-corrected chi connectivity index (χ3v) is 6.14. The Labute approximate surface area is 172 Å². The zero-order valence-corrected chi connectivity index (χ0v) is 17.2. The van der Waals surface area contributed by atoms with Crippen LogP contribution in [0, 0.1) is 11.3 Å². The molecule has 0 aliphatic carbocycles. The van der Waals surface area contributed by atoms with Crippen molar-refractivity contribution in [2.75, 3.05) is 32.8 Å². The standard InChI is InChI=1S/C22H31N5O2/c1-22(8-2-9-23-16-22)17-29-20-5-4-19(14-24-20)21(28)26-12-6-18(7-13-26)15-27-11-3-10-25-27/h3-5,10-11,14,18,23H,2,6-9,12-13,15-17H2,1H3. The molecule has 0 spiro atoms. The van der Waals surface area contributed by atoms with Crippen LogP contribution in [0.3, 0.4) is 0 Å². The molecule has 2 aliphatic heterocycles. The number of hydrogen-bond donors (Lipinski definition) is 1. The molecule has 7 nitrogen and oxygen atoms in total. The fraction of sp³-hybridized carbons (Fsp3) is 0.591. The van der Waals surface area contributed by atoms with E-state index in [0.29, 0.717) is 24.0 Å². The van der Waals surface area contributed by atoms with Crippen molar-refractivity contribution in [3.8, 4) is 5.88 Å². The quantitative estimate of drug-likeness (QED) is 0.811. The number of hydrogen-bond acceptors (Lipinski definition) is 5. The van der Waals surface area contributed by atoms with E-state index in [9.17, 15) is 4.79 Å². The van der Waals surface area contributed by atoms with Gasteiger partial charge >= 0.3 is 0 Å². The second kappa shape index (κ2) is 8.95. The fourth-order valence-electron chi connectivity index (χ4n) is 4.26. The number of carbonyl (C=O) groups excluding carboxylic acids is 1. The van der Waals surface area contributed by atoms with Gasteiger partial charge in [0.15, 0.2) is 0 Å². The first-order chi connectivity index (χ1) is 14.1. The van der Waals surface area contributed by atoms with Crippen molar-refractivity contribution in [1.82, 2.24) is 25.0 Å². The maximum Gasteiger partial charge on any atom is 0.255 e. The number of amides is 1. The Morgan fingerprint density at radius 2 is 2.21 bits per heavy atom. The van der Waals surface area contributed by atoms with Gasteiger partial charge in [0.1, 0.15) is 0 Å². The molecular formula is C22H31N5O2. The number of nitrogens with one attached hydrogen (secondary N) is 1. The highest BCUT2D eigenvalue weighted by molar-refractivity contribution is 5.94. The average Bonchev–Trinajstić information content (AvgIpc) is 3.26. The summed E-state index contributed by atoms with van der Waals surface area (Å²) in [5.74, 6) is 1.22. The molecule has 0 aromatic carbocycles. The highest BCUT2D eigenvalue weighted by Gasteiger charge is 2.28. The summed E-state index contributed by atoms with van der Waals surface area (Å²) in [6.07, 6.45) is 9.81. The molecule has 156 valence electrons. The van der Waals surface area contributed by atoms with Crippen molar-refractivity contribution >= 4 is 5.91 Å². The van der Waals surface area contributed by atoms with Gasteiger partial charge in [0.05, 0.1) is 12.2 Å². The molecule has 2 fully saturated rings. The SMILES string of the molecule is CC1(COc2ccc(C(=O)N3CCC(Cn4cccn4)CC3)cn2)CCCNC1. The van der Waals surface area contributed by atoms with Crippen LogP contribution in [0.5, 0.6) is 5.88 Å². The monoisotopic (exact) mass is 397 g/mol. The van der Waals surface area contributed by atoms with Crippen LogP contribution in [0.2, 0.25) is 0 Å². The van der Waals surface area contributed by atoms with Crippen molar-refractivity contribution in [2.24, 2.45) is 11.3 Å². The van der Waals surface area contributed by atoms with Crippen LogP contribution in [-0.4, -0.2) is 58.4 Å². The Kier molecular flexibility index (Phi) is 6.13. The second-order valence-corrected chi connectivity index (χ2v) is 8.73. The lowest BCUT2D eigenvalue weighted by atomic mass is 9.84. The summed E-state index contributed by atoms with van der Waals surface area (Å²) in [6.45, 7) is 7.45. The molecule has 1 N–H and O–H groups in total. The number of ether oxygens (including phenoxy) is 1. The Morgan fingerprint density at radius 1 is 1.34 bits per heavy atom. The Balaban J connectivity index is 1.26. The normalized spacial score (nSPS) is 23.1. The summed E-state index contributed by atoms with van der Waals surface area (Å²) in [5.41, 5.74) is 0.781. The molecule has 4 heterocycles. The van der Waals surface area contributed by atoms with Crippen LogP contribution in [0.4, 0.5) is 0 Å². The number of rotatable bonds is 6. The number of aromatic nitrogens is 3. The predicted octanol–water partition coefficient (Wildman–Crippen LogP) is 2.60. The molecule has 7 heteroatoms. The lowest BCUT2D eigenvalue weighted by Crippen LogP contribution is -2.41. The first-order valence-electron chi connectivity index (χ1n) is 10.7. The Bertz CT molecular complexity index is 776. The minimum Gasteiger partial charge on any atom is -0.477 e. The van der Waals surface area contributed by atoms with Gasteiger partial charge in [-0.15, -0.1) is 0 Å². The lowest BCUT2D eigenvalue weighted by molar-refractivity contribution is 0.0680. The van der Waals surface area contributed by atoms with Crippen molar-refractivity contribution in [3.05, 3.63) is 42.4 Å². The van der Waals surface area contributed by atoms with E-state index < -0.39 is 0 Å². The van der Waals surface area contributed by atoms with Crippen LogP contribution in [0.15, 0.2) is 36.8 Å². The average molecular weight is 398 g/mol. The van der Waals surface area contributed by atoms with Crippen LogP contribution >= 0.6 is 0 Å². The third kappa shape index (κ3) is 5.15. The molecule has 0 bridgehead atoms. The Morgan fingerprint density at radius 3 is 2.86 bits per heavy atom. The molecule has 0 saturated carbocycles. The van der Waals surface area contributed by atoms with Crippen LogP contribution in [0.25, 0.3) is 0 Å². The van der Waals surface area contributed by atoms with Gasteiger partial charge in [-0.2, -0.15) is 5.10 Å². The summed E-state index contributed by atoms with van der Waals surface area (Å²) < 4.78 is 7.89. The highest BCUT2D eigenvalue weighted by atomic mass is 16.5. The van der Waals surface area contributed by atoms with Gasteiger partial charge in [-0.05, 0) is 50.3 Å². The van der Waals surface area contributed by atoms with E-state index in [4.69, 9.17) is 4.74 Å². The molecule has 1 unspecified atom stereocenters. The van der Waals surface area contributed by atoms with Crippen molar-refractivity contribution in [3.63, 3.8) is 0 Å². The van der Waals surface area contributed by atoms with Crippen molar-refractivity contribution in [1.29, 1.82) is 0 Å². The Hall–Kier alpha value is -2.41. The zero-order valence-electron chi connectivity index (χ0n) is 17.2. The highest BCUT2D eigenvalue weighted by Crippen LogP contribution is 2.26. The van der Waals surface area contributed by atoms with E-state index in [1.54, 1.807) is 6.20 Å². The molecule has 1 amide bonds. The molecule has 0 radical (unpaired) electrons. The number of pyridine rings is 1. The minimum atomic E-state index is 0.0602. The molecule has 2 aromatic rings. The maximum absolute atomic E-state index is 12.8. The largest absolute Gasteiger partial charge is 0.477 e. The van der Waals surface area contributed by atoms with Crippen LogP contribution < -0.4 is 10.1 Å². The summed E-state index contributed by atoms with van der Waals surface area (Å²) in [7, 11) is 0. The number of carbonyl (C=O) groups is 1. The van der Waals surface area contributed by atoms with E-state index in [1.807, 2.05) is 40.2 Å². The maximum atomic E-state index is 12.8. The van der Waals surface area contributed by atoms with Gasteiger partial charge < -0.3 is 15.0 Å². The minimum absolute atomic E-state index is 0.0602. The third-order valence-electron chi connectivity index (χ3n) is 6.14. The summed E-state index contributed by atoms with van der Waals surface area (Å²) in [5, 5.41) is 7.71. The van der Waals surface area contributed by atoms with Crippen molar-refractivity contribution < 1.29 is 9.53 Å². The summed E-state index contributed by atoms with van der Waals surface area (Å²) >= 11 is 0. The van der Waals surface area contributed by atoms with Crippen molar-refractivity contribution in [2.45, 2.75) is 39.2 Å². The van der Waals surface area contributed by atoms with Gasteiger partial charge in [0, 0.05) is 56.3 Å². The predicted molar refractivity (Wildman–Crippen MR) is 111 cm³/mol. The van der Waals surface area contributed by atoms with E-state index in [1.165, 1.54) is 6.42 Å². The first-order valence-corrected chi connectivity index (χ1v) is 10.7.